The number of nitrogens with one attached hydrogen (secondary N) is 1. The van der Waals surface area contributed by atoms with Crippen LogP contribution in [0.2, 0.25) is 0 Å². The number of rotatable bonds is 11. The molecule has 1 atom stereocenters. The van der Waals surface area contributed by atoms with Crippen LogP contribution in [-0.4, -0.2) is 47.9 Å². The minimum absolute atomic E-state index is 0.0314. The van der Waals surface area contributed by atoms with Gasteiger partial charge in [0.15, 0.2) is 6.61 Å². The highest BCUT2D eigenvalue weighted by Crippen LogP contribution is 2.30. The Bertz CT molecular complexity index is 962. The highest BCUT2D eigenvalue weighted by Gasteiger charge is 2.26. The van der Waals surface area contributed by atoms with Gasteiger partial charge < -0.3 is 19.7 Å². The van der Waals surface area contributed by atoms with Crippen LogP contribution < -0.4 is 14.8 Å². The molecule has 0 aromatic heterocycles. The van der Waals surface area contributed by atoms with E-state index in [1.54, 1.807) is 6.92 Å². The lowest BCUT2D eigenvalue weighted by atomic mass is 10.1. The van der Waals surface area contributed by atoms with Crippen LogP contribution in [0, 0.1) is 17.0 Å². The van der Waals surface area contributed by atoms with Gasteiger partial charge in [-0.05, 0) is 31.9 Å². The number of nitrogens with zero attached hydrogens (tertiary/aromatic N) is 2. The maximum Gasteiger partial charge on any atom is 0.311 e. The molecule has 2 aromatic rings. The van der Waals surface area contributed by atoms with E-state index in [1.807, 2.05) is 38.1 Å². The molecule has 0 unspecified atom stereocenters. The summed E-state index contributed by atoms with van der Waals surface area (Å²) in [6, 6.07) is 11.0. The maximum atomic E-state index is 13.0. The zero-order chi connectivity index (χ0) is 23.7. The molecule has 0 aliphatic carbocycles. The van der Waals surface area contributed by atoms with Crippen LogP contribution >= 0.6 is 0 Å². The van der Waals surface area contributed by atoms with Gasteiger partial charge in [-0.25, -0.2) is 0 Å². The van der Waals surface area contributed by atoms with E-state index in [0.29, 0.717) is 6.54 Å². The highest BCUT2D eigenvalue weighted by atomic mass is 16.6. The smallest absolute Gasteiger partial charge is 0.311 e. The van der Waals surface area contributed by atoms with E-state index < -0.39 is 11.0 Å². The van der Waals surface area contributed by atoms with Gasteiger partial charge in [-0.1, -0.05) is 36.8 Å². The molecule has 0 saturated carbocycles. The van der Waals surface area contributed by atoms with Crippen molar-refractivity contribution in [1.82, 2.24) is 10.2 Å². The first-order valence-electron chi connectivity index (χ1n) is 10.3. The Labute approximate surface area is 187 Å². The van der Waals surface area contributed by atoms with Crippen molar-refractivity contribution < 1.29 is 24.0 Å². The molecule has 172 valence electrons. The second kappa shape index (κ2) is 11.7. The van der Waals surface area contributed by atoms with Crippen LogP contribution in [0.25, 0.3) is 0 Å². The molecule has 0 spiro atoms. The van der Waals surface area contributed by atoms with Gasteiger partial charge in [0.1, 0.15) is 11.8 Å². The van der Waals surface area contributed by atoms with Crippen LogP contribution in [0.5, 0.6) is 11.5 Å². The van der Waals surface area contributed by atoms with Crippen LogP contribution in [0.15, 0.2) is 42.5 Å². The first kappa shape index (κ1) is 24.6. The van der Waals surface area contributed by atoms with Crippen LogP contribution in [0.4, 0.5) is 5.69 Å². The minimum atomic E-state index is -0.704. The number of aryl methyl sites for hydroxylation is 1. The normalized spacial score (nSPS) is 11.4. The third kappa shape index (κ3) is 6.69. The van der Waals surface area contributed by atoms with Gasteiger partial charge in [0.2, 0.25) is 11.7 Å². The molecule has 0 fully saturated rings. The molecular formula is C23H29N3O6. The second-order valence-corrected chi connectivity index (χ2v) is 7.36. The zero-order valence-corrected chi connectivity index (χ0v) is 18.8. The summed E-state index contributed by atoms with van der Waals surface area (Å²) in [6.45, 7) is 6.01. The molecule has 0 saturated heterocycles. The van der Waals surface area contributed by atoms with Crippen LogP contribution in [-0.2, 0) is 16.1 Å². The quantitative estimate of drug-likeness (QED) is 0.422. The molecule has 9 nitrogen and oxygen atoms in total. The Morgan fingerprint density at radius 3 is 2.59 bits per heavy atom. The van der Waals surface area contributed by atoms with Gasteiger partial charge in [0, 0.05) is 25.2 Å². The number of nitro groups is 1. The highest BCUT2D eigenvalue weighted by molar-refractivity contribution is 5.88. The van der Waals surface area contributed by atoms with Gasteiger partial charge >= 0.3 is 5.69 Å². The predicted octanol–water partition coefficient (Wildman–Crippen LogP) is 3.23. The largest absolute Gasteiger partial charge is 0.490 e. The Morgan fingerprint density at radius 2 is 1.97 bits per heavy atom. The third-order valence-corrected chi connectivity index (χ3v) is 4.86. The molecule has 2 amide bonds. The average molecular weight is 444 g/mol. The Kier molecular flexibility index (Phi) is 9.00. The lowest BCUT2D eigenvalue weighted by molar-refractivity contribution is -0.385. The average Bonchev–Trinajstić information content (AvgIpc) is 2.78. The van der Waals surface area contributed by atoms with E-state index in [4.69, 9.17) is 9.47 Å². The molecule has 1 N–H and O–H groups in total. The topological polar surface area (TPSA) is 111 Å². The van der Waals surface area contributed by atoms with Crippen LogP contribution in [0.1, 0.15) is 31.4 Å². The first-order valence-corrected chi connectivity index (χ1v) is 10.3. The zero-order valence-electron chi connectivity index (χ0n) is 18.8. The number of hydrogen-bond acceptors (Lipinski definition) is 6. The number of benzene rings is 2. The predicted molar refractivity (Wildman–Crippen MR) is 120 cm³/mol. The third-order valence-electron chi connectivity index (χ3n) is 4.86. The summed E-state index contributed by atoms with van der Waals surface area (Å²) in [6.07, 6.45) is 0.787. The van der Waals surface area contributed by atoms with E-state index in [0.717, 1.165) is 17.5 Å². The Hall–Kier alpha value is -3.62. The van der Waals surface area contributed by atoms with Gasteiger partial charge in [0.25, 0.3) is 5.91 Å². The maximum absolute atomic E-state index is 13.0. The summed E-state index contributed by atoms with van der Waals surface area (Å²) in [4.78, 5) is 37.5. The molecule has 0 bridgehead atoms. The summed E-state index contributed by atoms with van der Waals surface area (Å²) in [5.74, 6) is -0.351. The summed E-state index contributed by atoms with van der Waals surface area (Å²) < 4.78 is 10.6. The van der Waals surface area contributed by atoms with E-state index >= 15 is 0 Å². The minimum Gasteiger partial charge on any atom is -0.490 e. The lowest BCUT2D eigenvalue weighted by Crippen LogP contribution is -2.49. The first-order chi connectivity index (χ1) is 15.3. The molecule has 9 heteroatoms. The number of ether oxygens (including phenoxy) is 2. The fourth-order valence-electron chi connectivity index (χ4n) is 3.11. The fourth-order valence-corrected chi connectivity index (χ4v) is 3.11. The molecule has 2 aromatic carbocycles. The summed E-state index contributed by atoms with van der Waals surface area (Å²) >= 11 is 0. The van der Waals surface area contributed by atoms with Crippen molar-refractivity contribution in [3.8, 4) is 11.5 Å². The fraction of sp³-hybridized carbons (Fsp3) is 0.391. The number of methoxy groups -OCH3 is 1. The standard InChI is InChI=1S/C23H29N3O6/c1-5-11-24-23(28)17(3)25(14-18-8-6-7-16(2)12-18)22(27)15-32-19-9-10-20(26(29)30)21(13-19)31-4/h6-10,12-13,17H,5,11,14-15H2,1-4H3,(H,24,28)/t17-/m0/s1. The second-order valence-electron chi connectivity index (χ2n) is 7.36. The van der Waals surface area contributed by atoms with E-state index in [1.165, 1.54) is 30.2 Å². The molecule has 2 rings (SSSR count). The Balaban J connectivity index is 2.18. The summed E-state index contributed by atoms with van der Waals surface area (Å²) in [5.41, 5.74) is 1.74. The molecule has 32 heavy (non-hydrogen) atoms. The van der Waals surface area contributed by atoms with Crippen molar-refractivity contribution in [2.45, 2.75) is 39.8 Å². The van der Waals surface area contributed by atoms with Crippen molar-refractivity contribution in [2.75, 3.05) is 20.3 Å². The number of amides is 2. The summed E-state index contributed by atoms with van der Waals surface area (Å²) in [5, 5.41) is 13.9. The SMILES string of the molecule is CCCNC(=O)[C@H](C)N(Cc1cccc(C)c1)C(=O)COc1ccc([N+](=O)[O-])c(OC)c1. The number of carbonyl (C=O) groups excluding carboxylic acids is 2. The number of nitro benzene ring substituents is 1. The van der Waals surface area contributed by atoms with Gasteiger partial charge in [-0.3, -0.25) is 19.7 Å². The molecular weight excluding hydrogens is 414 g/mol. The van der Waals surface area contributed by atoms with Crippen molar-refractivity contribution in [3.63, 3.8) is 0 Å². The molecule has 0 aliphatic heterocycles. The lowest BCUT2D eigenvalue weighted by Gasteiger charge is -2.29. The van der Waals surface area contributed by atoms with Crippen LogP contribution in [0.3, 0.4) is 0 Å². The number of carbonyl (C=O) groups is 2. The number of hydrogen-bond donors (Lipinski definition) is 1. The molecule has 0 heterocycles. The van der Waals surface area contributed by atoms with Crippen molar-refractivity contribution in [2.24, 2.45) is 0 Å². The van der Waals surface area contributed by atoms with E-state index in [-0.39, 0.29) is 42.2 Å². The van der Waals surface area contributed by atoms with Crippen molar-refractivity contribution in [3.05, 3.63) is 63.7 Å². The Morgan fingerprint density at radius 1 is 1.22 bits per heavy atom. The van der Waals surface area contributed by atoms with Crippen molar-refractivity contribution >= 4 is 17.5 Å². The summed E-state index contributed by atoms with van der Waals surface area (Å²) in [7, 11) is 1.32. The van der Waals surface area contributed by atoms with E-state index in [2.05, 4.69) is 5.32 Å². The van der Waals surface area contributed by atoms with Crippen molar-refractivity contribution in [1.29, 1.82) is 0 Å². The van der Waals surface area contributed by atoms with Gasteiger partial charge in [-0.15, -0.1) is 0 Å². The van der Waals surface area contributed by atoms with Gasteiger partial charge in [0.05, 0.1) is 12.0 Å². The molecule has 0 radical (unpaired) electrons. The van der Waals surface area contributed by atoms with E-state index in [9.17, 15) is 19.7 Å². The molecule has 0 aliphatic rings. The monoisotopic (exact) mass is 443 g/mol. The van der Waals surface area contributed by atoms with Gasteiger partial charge in [-0.2, -0.15) is 0 Å².